The van der Waals surface area contributed by atoms with Gasteiger partial charge < -0.3 is 25.3 Å². The first-order valence-corrected chi connectivity index (χ1v) is 15.5. The van der Waals surface area contributed by atoms with E-state index in [-0.39, 0.29) is 27.4 Å². The van der Waals surface area contributed by atoms with Crippen LogP contribution in [0.3, 0.4) is 0 Å². The number of H-pyrrole nitrogens is 1. The number of fused-ring (bicyclic) bond motifs is 4. The van der Waals surface area contributed by atoms with Gasteiger partial charge in [-0.05, 0) is 81.5 Å². The largest absolute Gasteiger partial charge is 0.497 e. The van der Waals surface area contributed by atoms with Gasteiger partial charge in [-0.2, -0.15) is 0 Å². The standard InChI is InChI=1S/C35H33N7O5/c1-40(18-6-16-37-26-11-12-27-33-31(26)34(43)22-7-3-4-8-28(22)41(33)20-38-27)17-5-15-36-25-13-14-29(42(45)46)32-30(25)35(44)23-19-21(47-2)9-10-24(23)39-32/h3-4,7-14,19-20,36-37H,5-6,15-18H2,1-2H3,(H,39,44). The fraction of sp³-hybridized carbons (Fsp3) is 0.229. The summed E-state index contributed by atoms with van der Waals surface area (Å²) in [6, 6.07) is 19.5. The molecule has 12 nitrogen and oxygen atoms in total. The van der Waals surface area contributed by atoms with Crippen LogP contribution in [-0.4, -0.2) is 64.5 Å². The summed E-state index contributed by atoms with van der Waals surface area (Å²) in [4.78, 5) is 48.1. The predicted octanol–water partition coefficient (Wildman–Crippen LogP) is 5.59. The number of methoxy groups -OCH3 is 1. The van der Waals surface area contributed by atoms with Gasteiger partial charge in [0.05, 0.1) is 44.9 Å². The Morgan fingerprint density at radius 3 is 2.36 bits per heavy atom. The Hall–Kier alpha value is -5.75. The van der Waals surface area contributed by atoms with E-state index >= 15 is 0 Å². The Labute approximate surface area is 268 Å². The maximum Gasteiger partial charge on any atom is 0.293 e. The molecule has 0 saturated heterocycles. The van der Waals surface area contributed by atoms with Crippen molar-refractivity contribution in [3.05, 3.63) is 104 Å². The number of nitro benzene ring substituents is 1. The summed E-state index contributed by atoms with van der Waals surface area (Å²) >= 11 is 0. The Morgan fingerprint density at radius 2 is 1.62 bits per heavy atom. The van der Waals surface area contributed by atoms with Crippen molar-refractivity contribution < 1.29 is 9.66 Å². The Balaban J connectivity index is 0.983. The SMILES string of the molecule is COc1ccc2[nH]c3c([N+](=O)[O-])ccc(NCCCN(C)CCCNc4ccc5ncn6c7ccccc7c(=O)c4c56)c3c(=O)c2c1. The first kappa shape index (κ1) is 29.9. The molecule has 47 heavy (non-hydrogen) atoms. The van der Waals surface area contributed by atoms with Gasteiger partial charge in [-0.1, -0.05) is 12.1 Å². The van der Waals surface area contributed by atoms with E-state index in [9.17, 15) is 19.7 Å². The number of para-hydroxylation sites is 1. The van der Waals surface area contributed by atoms with E-state index in [1.54, 1.807) is 30.6 Å². The van der Waals surface area contributed by atoms with Crippen LogP contribution in [0.1, 0.15) is 12.8 Å². The fourth-order valence-electron chi connectivity index (χ4n) is 6.40. The summed E-state index contributed by atoms with van der Waals surface area (Å²) in [5, 5.41) is 20.5. The first-order valence-electron chi connectivity index (χ1n) is 15.5. The summed E-state index contributed by atoms with van der Waals surface area (Å²) < 4.78 is 7.27. The number of ether oxygens (including phenoxy) is 1. The zero-order chi connectivity index (χ0) is 32.7. The first-order chi connectivity index (χ1) is 22.9. The van der Waals surface area contributed by atoms with Gasteiger partial charge in [-0.25, -0.2) is 4.98 Å². The molecule has 0 aliphatic rings. The average molecular weight is 632 g/mol. The van der Waals surface area contributed by atoms with E-state index in [4.69, 9.17) is 4.74 Å². The van der Waals surface area contributed by atoms with E-state index < -0.39 is 4.92 Å². The van der Waals surface area contributed by atoms with Crippen LogP contribution < -0.4 is 26.2 Å². The Kier molecular flexibility index (Phi) is 7.78. The summed E-state index contributed by atoms with van der Waals surface area (Å²) in [5.41, 5.74) is 4.07. The average Bonchev–Trinajstić information content (AvgIpc) is 3.52. The third-order valence-corrected chi connectivity index (χ3v) is 8.75. The molecule has 12 heteroatoms. The van der Waals surface area contributed by atoms with Crippen LogP contribution in [0.4, 0.5) is 17.1 Å². The molecule has 0 saturated carbocycles. The second-order valence-electron chi connectivity index (χ2n) is 11.7. The molecule has 0 unspecified atom stereocenters. The number of hydrogen-bond acceptors (Lipinski definition) is 9. The quantitative estimate of drug-likeness (QED) is 0.0680. The van der Waals surface area contributed by atoms with Gasteiger partial charge in [0, 0.05) is 41.3 Å². The molecule has 0 aliphatic carbocycles. The van der Waals surface area contributed by atoms with Crippen molar-refractivity contribution in [2.24, 2.45) is 0 Å². The topological polar surface area (TPSA) is 147 Å². The zero-order valence-corrected chi connectivity index (χ0v) is 26.0. The van der Waals surface area contributed by atoms with E-state index in [2.05, 4.69) is 32.5 Å². The maximum absolute atomic E-state index is 13.5. The maximum atomic E-state index is 13.5. The highest BCUT2D eigenvalue weighted by molar-refractivity contribution is 6.07. The predicted molar refractivity (Wildman–Crippen MR) is 187 cm³/mol. The van der Waals surface area contributed by atoms with Crippen LogP contribution in [0.5, 0.6) is 5.75 Å². The molecule has 4 aromatic carbocycles. The number of hydrogen-bond donors (Lipinski definition) is 3. The lowest BCUT2D eigenvalue weighted by Gasteiger charge is -2.18. The fourth-order valence-corrected chi connectivity index (χ4v) is 6.40. The summed E-state index contributed by atoms with van der Waals surface area (Å²) in [6.45, 7) is 2.92. The van der Waals surface area contributed by atoms with Gasteiger partial charge in [-0.15, -0.1) is 0 Å². The van der Waals surface area contributed by atoms with Crippen molar-refractivity contribution in [3.63, 3.8) is 0 Å². The molecule has 0 amide bonds. The molecule has 3 N–H and O–H groups in total. The van der Waals surface area contributed by atoms with Gasteiger partial charge >= 0.3 is 0 Å². The van der Waals surface area contributed by atoms with Gasteiger partial charge in [-0.3, -0.25) is 24.1 Å². The van der Waals surface area contributed by atoms with Crippen molar-refractivity contribution in [2.75, 3.05) is 51.0 Å². The highest BCUT2D eigenvalue weighted by Gasteiger charge is 2.20. The van der Waals surface area contributed by atoms with Gasteiger partial charge in [0.15, 0.2) is 10.9 Å². The van der Waals surface area contributed by atoms with Crippen molar-refractivity contribution in [3.8, 4) is 5.75 Å². The number of nitrogens with one attached hydrogen (secondary N) is 3. The molecule has 0 spiro atoms. The Bertz CT molecular complexity index is 2420. The molecule has 3 heterocycles. The monoisotopic (exact) mass is 631 g/mol. The number of aromatic amines is 1. The van der Waals surface area contributed by atoms with Crippen LogP contribution in [0.15, 0.2) is 82.6 Å². The van der Waals surface area contributed by atoms with Gasteiger partial charge in [0.25, 0.3) is 5.69 Å². The summed E-state index contributed by atoms with van der Waals surface area (Å²) in [6.07, 6.45) is 3.43. The van der Waals surface area contributed by atoms with Crippen LogP contribution in [0.25, 0.3) is 49.1 Å². The molecular formula is C35H33N7O5. The summed E-state index contributed by atoms with van der Waals surface area (Å²) in [7, 11) is 3.58. The second kappa shape index (κ2) is 12.2. The van der Waals surface area contributed by atoms with Gasteiger partial charge in [0.1, 0.15) is 17.6 Å². The number of pyridine rings is 2. The van der Waals surface area contributed by atoms with Crippen LogP contribution in [0, 0.1) is 10.1 Å². The number of imidazole rings is 1. The third kappa shape index (κ3) is 5.32. The summed E-state index contributed by atoms with van der Waals surface area (Å²) in [5.74, 6) is 0.530. The minimum Gasteiger partial charge on any atom is -0.497 e. The minimum absolute atomic E-state index is 0.00187. The number of nitrogens with zero attached hydrogens (tertiary/aromatic N) is 4. The molecule has 0 fully saturated rings. The smallest absolute Gasteiger partial charge is 0.293 e. The van der Waals surface area contributed by atoms with E-state index in [0.717, 1.165) is 48.2 Å². The molecule has 7 rings (SSSR count). The lowest BCUT2D eigenvalue weighted by Crippen LogP contribution is -2.24. The molecule has 0 bridgehead atoms. The van der Waals surface area contributed by atoms with Crippen molar-refractivity contribution in [1.29, 1.82) is 0 Å². The molecule has 3 aromatic heterocycles. The van der Waals surface area contributed by atoms with Crippen LogP contribution in [-0.2, 0) is 0 Å². The lowest BCUT2D eigenvalue weighted by molar-refractivity contribution is -0.383. The highest BCUT2D eigenvalue weighted by atomic mass is 16.6. The number of non-ortho nitro benzene ring substituents is 1. The Morgan fingerprint density at radius 1 is 0.915 bits per heavy atom. The molecule has 0 radical (unpaired) electrons. The normalized spacial score (nSPS) is 11.8. The van der Waals surface area contributed by atoms with Gasteiger partial charge in [0.2, 0.25) is 0 Å². The van der Waals surface area contributed by atoms with Crippen LogP contribution >= 0.6 is 0 Å². The second-order valence-corrected chi connectivity index (χ2v) is 11.7. The van der Waals surface area contributed by atoms with E-state index in [0.29, 0.717) is 46.2 Å². The van der Waals surface area contributed by atoms with Crippen molar-refractivity contribution >= 4 is 66.2 Å². The lowest BCUT2D eigenvalue weighted by atomic mass is 10.1. The molecule has 238 valence electrons. The molecule has 0 aliphatic heterocycles. The van der Waals surface area contributed by atoms with E-state index in [1.165, 1.54) is 13.2 Å². The van der Waals surface area contributed by atoms with Crippen molar-refractivity contribution in [1.82, 2.24) is 19.3 Å². The number of aromatic nitrogens is 3. The van der Waals surface area contributed by atoms with Crippen molar-refractivity contribution in [2.45, 2.75) is 12.8 Å². The molecule has 7 aromatic rings. The number of nitro groups is 1. The molecule has 0 atom stereocenters. The zero-order valence-electron chi connectivity index (χ0n) is 26.0. The van der Waals surface area contributed by atoms with Crippen LogP contribution in [0.2, 0.25) is 0 Å². The number of rotatable bonds is 12. The third-order valence-electron chi connectivity index (χ3n) is 8.75. The number of benzene rings is 4. The number of anilines is 2. The highest BCUT2D eigenvalue weighted by Crippen LogP contribution is 2.31. The minimum atomic E-state index is -0.485. The molecular weight excluding hydrogens is 598 g/mol. The van der Waals surface area contributed by atoms with E-state index in [1.807, 2.05) is 40.8 Å².